The lowest BCUT2D eigenvalue weighted by molar-refractivity contribution is -0.385. The molecule has 0 radical (unpaired) electrons. The Morgan fingerprint density at radius 3 is 2.64 bits per heavy atom. The van der Waals surface area contributed by atoms with Gasteiger partial charge >= 0.3 is 0 Å². The van der Waals surface area contributed by atoms with Gasteiger partial charge in [-0.15, -0.1) is 0 Å². The van der Waals surface area contributed by atoms with E-state index in [9.17, 15) is 24.8 Å². The highest BCUT2D eigenvalue weighted by atomic mass is 28.4. The number of fused-ring (bicyclic) bond motifs is 2. The van der Waals surface area contributed by atoms with E-state index in [4.69, 9.17) is 4.74 Å². The predicted octanol–water partition coefficient (Wildman–Crippen LogP) is 4.82. The lowest BCUT2D eigenvalue weighted by Crippen LogP contribution is -2.45. The number of ether oxygens (including phenoxy) is 1. The minimum Gasteiger partial charge on any atom is -0.396 e. The topological polar surface area (TPSA) is 113 Å². The Bertz CT molecular complexity index is 1320. The first-order valence-corrected chi connectivity index (χ1v) is 16.4. The van der Waals surface area contributed by atoms with Crippen LogP contribution >= 0.6 is 0 Å². The Kier molecular flexibility index (Phi) is 7.10. The molecule has 0 bridgehead atoms. The Balaban J connectivity index is 1.57. The summed E-state index contributed by atoms with van der Waals surface area (Å²) in [6.45, 7) is 5.49. The largest absolute Gasteiger partial charge is 0.396 e. The van der Waals surface area contributed by atoms with E-state index in [1.807, 2.05) is 24.3 Å². The Hall–Kier alpha value is -3.15. The molecule has 0 saturated carbocycles. The van der Waals surface area contributed by atoms with Gasteiger partial charge in [0.2, 0.25) is 14.3 Å². The Labute approximate surface area is 227 Å². The van der Waals surface area contributed by atoms with Crippen LogP contribution < -0.4 is 9.80 Å². The highest BCUT2D eigenvalue weighted by Crippen LogP contribution is 2.60. The van der Waals surface area contributed by atoms with Gasteiger partial charge in [0.15, 0.2) is 5.60 Å². The number of nitrogens with zero attached hydrogens (tertiary/aromatic N) is 3. The molecule has 3 heterocycles. The summed E-state index contributed by atoms with van der Waals surface area (Å²) in [6.07, 6.45) is 1.77. The molecule has 0 unspecified atom stereocenters. The molecular formula is C28H34FN3O6Si. The number of halogens is 1. The van der Waals surface area contributed by atoms with Crippen molar-refractivity contribution in [3.8, 4) is 0 Å². The zero-order chi connectivity index (χ0) is 28.1. The fraction of sp³-hybridized carbons (Fsp3) is 0.500. The van der Waals surface area contributed by atoms with E-state index >= 15 is 4.11 Å². The first-order valence-electron chi connectivity index (χ1n) is 13.5. The quantitative estimate of drug-likeness (QED) is 0.227. The minimum absolute atomic E-state index is 0.0689. The predicted molar refractivity (Wildman–Crippen MR) is 147 cm³/mol. The molecule has 0 aromatic heterocycles. The second-order valence-electron chi connectivity index (χ2n) is 11.3. The summed E-state index contributed by atoms with van der Waals surface area (Å²) in [7, 11) is -3.38. The van der Waals surface area contributed by atoms with E-state index in [1.165, 1.54) is 12.1 Å². The van der Waals surface area contributed by atoms with Gasteiger partial charge in [-0.1, -0.05) is 19.1 Å². The number of rotatable bonds is 7. The van der Waals surface area contributed by atoms with Gasteiger partial charge in [0.05, 0.1) is 23.3 Å². The fourth-order valence-corrected chi connectivity index (χ4v) is 9.33. The number of hydrogen-bond acceptors (Lipinski definition) is 6. The number of anilines is 2. The molecule has 5 rings (SSSR count). The second kappa shape index (κ2) is 10.1. The smallest absolute Gasteiger partial charge is 0.269 e. The molecule has 39 heavy (non-hydrogen) atoms. The number of piperidine rings is 1. The zero-order valence-corrected chi connectivity index (χ0v) is 23.4. The monoisotopic (exact) mass is 555 g/mol. The van der Waals surface area contributed by atoms with Crippen LogP contribution in [0.15, 0.2) is 42.5 Å². The lowest BCUT2D eigenvalue weighted by atomic mass is 9.82. The van der Waals surface area contributed by atoms with Crippen LogP contribution in [0.3, 0.4) is 0 Å². The van der Waals surface area contributed by atoms with Crippen LogP contribution in [-0.4, -0.2) is 49.5 Å². The molecule has 1 spiro atoms. The van der Waals surface area contributed by atoms with Crippen LogP contribution in [-0.2, 0) is 26.5 Å². The Morgan fingerprint density at radius 2 is 1.97 bits per heavy atom. The van der Waals surface area contributed by atoms with E-state index in [1.54, 1.807) is 35.9 Å². The van der Waals surface area contributed by atoms with Crippen molar-refractivity contribution in [2.24, 2.45) is 5.92 Å². The number of non-ortho nitro benzene ring substituents is 1. The molecule has 3 aliphatic rings. The van der Waals surface area contributed by atoms with Gasteiger partial charge in [0, 0.05) is 54.4 Å². The summed E-state index contributed by atoms with van der Waals surface area (Å²) in [5.41, 5.74) is 0.0371. The van der Waals surface area contributed by atoms with E-state index in [2.05, 4.69) is 0 Å². The zero-order valence-electron chi connectivity index (χ0n) is 22.4. The second-order valence-corrected chi connectivity index (χ2v) is 15.1. The number of aliphatic hydroxyl groups is 1. The molecule has 2 saturated heterocycles. The summed E-state index contributed by atoms with van der Waals surface area (Å²) >= 11 is 0. The molecule has 11 heteroatoms. The van der Waals surface area contributed by atoms with Crippen molar-refractivity contribution in [1.82, 2.24) is 0 Å². The highest BCUT2D eigenvalue weighted by molar-refractivity contribution is 6.72. The van der Waals surface area contributed by atoms with Crippen LogP contribution in [0.1, 0.15) is 43.7 Å². The summed E-state index contributed by atoms with van der Waals surface area (Å²) in [6, 6.07) is 11.8. The molecular weight excluding hydrogens is 521 g/mol. The molecule has 3 aliphatic heterocycles. The molecule has 2 aromatic carbocycles. The van der Waals surface area contributed by atoms with Crippen LogP contribution in [0.5, 0.6) is 0 Å². The maximum atomic E-state index is 15.7. The number of carbonyl (C=O) groups excluding carboxylic acids is 2. The van der Waals surface area contributed by atoms with Crippen molar-refractivity contribution in [3.63, 3.8) is 0 Å². The van der Waals surface area contributed by atoms with Gasteiger partial charge in [-0.25, -0.2) is 0 Å². The molecule has 2 fully saturated rings. The minimum atomic E-state index is -3.38. The molecule has 9 nitrogen and oxygen atoms in total. The van der Waals surface area contributed by atoms with Gasteiger partial charge in [-0.05, 0) is 56.1 Å². The first-order chi connectivity index (χ1) is 18.5. The summed E-state index contributed by atoms with van der Waals surface area (Å²) in [4.78, 5) is 41.3. The number of nitro groups is 1. The van der Waals surface area contributed by atoms with Gasteiger partial charge in [0.25, 0.3) is 11.6 Å². The van der Waals surface area contributed by atoms with Gasteiger partial charge in [0.1, 0.15) is 0 Å². The average Bonchev–Trinajstić information content (AvgIpc) is 3.31. The van der Waals surface area contributed by atoms with Crippen LogP contribution in [0.4, 0.5) is 21.2 Å². The molecule has 208 valence electrons. The maximum absolute atomic E-state index is 15.7. The first kappa shape index (κ1) is 27.4. The van der Waals surface area contributed by atoms with Crippen LogP contribution in [0.2, 0.25) is 18.6 Å². The summed E-state index contributed by atoms with van der Waals surface area (Å²) in [5.74, 6) is -0.927. The number of benzene rings is 2. The van der Waals surface area contributed by atoms with Crippen molar-refractivity contribution in [1.29, 1.82) is 0 Å². The average molecular weight is 556 g/mol. The van der Waals surface area contributed by atoms with E-state index in [0.29, 0.717) is 24.2 Å². The lowest BCUT2D eigenvalue weighted by Gasteiger charge is -2.31. The van der Waals surface area contributed by atoms with E-state index in [0.717, 1.165) is 24.1 Å². The summed E-state index contributed by atoms with van der Waals surface area (Å²) < 4.78 is 22.1. The van der Waals surface area contributed by atoms with Crippen molar-refractivity contribution < 1.29 is 28.5 Å². The van der Waals surface area contributed by atoms with Crippen LogP contribution in [0.25, 0.3) is 0 Å². The van der Waals surface area contributed by atoms with E-state index < -0.39 is 42.4 Å². The van der Waals surface area contributed by atoms with E-state index in [-0.39, 0.29) is 31.2 Å². The third kappa shape index (κ3) is 4.56. The molecule has 2 aromatic rings. The Morgan fingerprint density at radius 1 is 1.21 bits per heavy atom. The number of nitro benzene ring substituents is 1. The van der Waals surface area contributed by atoms with Gasteiger partial charge in [-0.3, -0.25) is 19.7 Å². The standard InChI is InChI=1S/C28H34FN3O6Si/c1-18-26(39(2,3)29)24(12-14-33)38-28(18)22-16-21(32(36)37)10-11-23(22)31(27(28)35)17-19-7-6-8-20(15-19)30-13-5-4-9-25(30)34/h6-8,10-11,15-16,18,24,26,33H,4-5,9,12-14,17H2,1-3H3/t18-,24+,26-,28+/m0/s1. The summed E-state index contributed by atoms with van der Waals surface area (Å²) in [5, 5.41) is 21.4. The van der Waals surface area contributed by atoms with Crippen molar-refractivity contribution in [3.05, 3.63) is 63.7 Å². The third-order valence-electron chi connectivity index (χ3n) is 8.46. The molecule has 1 N–H and O–H groups in total. The SMILES string of the molecule is C[C@H]1[C@H]([Si](C)(C)F)[C@@H](CCO)O[C@]12C(=O)N(Cc1cccc(N3CCCCC3=O)c1)c1ccc([N+](=O)[O-])cc12. The third-order valence-corrected chi connectivity index (χ3v) is 10.9. The number of amides is 2. The maximum Gasteiger partial charge on any atom is 0.269 e. The molecule has 4 atom stereocenters. The van der Waals surface area contributed by atoms with Crippen molar-refractivity contribution in [2.75, 3.05) is 23.0 Å². The van der Waals surface area contributed by atoms with Gasteiger partial charge < -0.3 is 23.8 Å². The van der Waals surface area contributed by atoms with Gasteiger partial charge in [-0.2, -0.15) is 0 Å². The fourth-order valence-electron chi connectivity index (χ4n) is 6.79. The number of carbonyl (C=O) groups is 2. The molecule has 2 amide bonds. The van der Waals surface area contributed by atoms with Crippen LogP contribution in [0, 0.1) is 16.0 Å². The molecule has 0 aliphatic carbocycles. The number of hydrogen-bond donors (Lipinski definition) is 1. The van der Waals surface area contributed by atoms with Crippen molar-refractivity contribution in [2.45, 2.75) is 69.5 Å². The normalized spacial score (nSPS) is 26.9. The number of aliphatic hydroxyl groups excluding tert-OH is 1. The van der Waals surface area contributed by atoms with Crippen molar-refractivity contribution >= 4 is 37.3 Å². The highest BCUT2D eigenvalue weighted by Gasteiger charge is 2.66.